The molecule has 0 saturated carbocycles. The van der Waals surface area contributed by atoms with Crippen molar-refractivity contribution in [3.63, 3.8) is 0 Å². The smallest absolute Gasteiger partial charge is 0.258 e. The maximum atomic E-state index is 11.7. The molecule has 21 heavy (non-hydrogen) atoms. The normalized spacial score (nSPS) is 10.1. The molecule has 0 aliphatic rings. The van der Waals surface area contributed by atoms with Crippen LogP contribution in [-0.4, -0.2) is 19.1 Å². The van der Waals surface area contributed by atoms with Crippen molar-refractivity contribution in [2.45, 2.75) is 19.9 Å². The minimum absolute atomic E-state index is 0.0437. The van der Waals surface area contributed by atoms with E-state index in [4.69, 9.17) is 13.9 Å². The first-order valence-electron chi connectivity index (χ1n) is 6.92. The number of ether oxygens (including phenoxy) is 2. The average Bonchev–Trinajstić information content (AvgIpc) is 3.03. The van der Waals surface area contributed by atoms with E-state index in [-0.39, 0.29) is 12.5 Å². The zero-order chi connectivity index (χ0) is 14.9. The van der Waals surface area contributed by atoms with Crippen molar-refractivity contribution in [1.82, 2.24) is 5.32 Å². The van der Waals surface area contributed by atoms with Crippen molar-refractivity contribution in [3.8, 4) is 11.5 Å². The lowest BCUT2D eigenvalue weighted by Crippen LogP contribution is -2.28. The minimum Gasteiger partial charge on any atom is -0.493 e. The van der Waals surface area contributed by atoms with Gasteiger partial charge in [0, 0.05) is 6.07 Å². The van der Waals surface area contributed by atoms with Gasteiger partial charge in [-0.05, 0) is 30.7 Å². The number of furan rings is 1. The Kier molecular flexibility index (Phi) is 5.70. The summed E-state index contributed by atoms with van der Waals surface area (Å²) >= 11 is 0. The van der Waals surface area contributed by atoms with E-state index in [9.17, 15) is 4.79 Å². The molecular weight excluding hydrogens is 270 g/mol. The molecule has 0 radical (unpaired) electrons. The van der Waals surface area contributed by atoms with Crippen LogP contribution in [0.4, 0.5) is 0 Å². The Hall–Kier alpha value is -2.43. The van der Waals surface area contributed by atoms with Crippen LogP contribution in [0, 0.1) is 0 Å². The Labute approximate surface area is 123 Å². The molecule has 0 aliphatic heterocycles. The van der Waals surface area contributed by atoms with Crippen molar-refractivity contribution in [1.29, 1.82) is 0 Å². The number of hydrogen-bond acceptors (Lipinski definition) is 4. The van der Waals surface area contributed by atoms with Gasteiger partial charge >= 0.3 is 0 Å². The Balaban J connectivity index is 1.75. The zero-order valence-corrected chi connectivity index (χ0v) is 12.0. The molecule has 0 saturated heterocycles. The molecule has 1 heterocycles. The standard InChI is InChI=1S/C16H19NO4/c1-2-8-19-13-5-3-6-14(10-13)21-12-16(18)17-11-15-7-4-9-20-15/h3-7,9-10H,2,8,11-12H2,1H3,(H,17,18). The SMILES string of the molecule is CCCOc1cccc(OCC(=O)NCc2ccco2)c1. The maximum absolute atomic E-state index is 11.7. The second-order valence-electron chi connectivity index (χ2n) is 4.47. The van der Waals surface area contributed by atoms with Gasteiger partial charge < -0.3 is 19.2 Å². The maximum Gasteiger partial charge on any atom is 0.258 e. The van der Waals surface area contributed by atoms with E-state index < -0.39 is 0 Å². The predicted molar refractivity (Wildman–Crippen MR) is 78.3 cm³/mol. The van der Waals surface area contributed by atoms with E-state index >= 15 is 0 Å². The zero-order valence-electron chi connectivity index (χ0n) is 12.0. The van der Waals surface area contributed by atoms with Crippen LogP contribution in [0.2, 0.25) is 0 Å². The molecule has 1 aromatic heterocycles. The van der Waals surface area contributed by atoms with E-state index in [0.717, 1.165) is 12.2 Å². The number of benzene rings is 1. The average molecular weight is 289 g/mol. The van der Waals surface area contributed by atoms with Crippen LogP contribution in [0.15, 0.2) is 47.1 Å². The predicted octanol–water partition coefficient (Wildman–Crippen LogP) is 2.76. The summed E-state index contributed by atoms with van der Waals surface area (Å²) in [6, 6.07) is 10.8. The second-order valence-corrected chi connectivity index (χ2v) is 4.47. The Morgan fingerprint density at radius 1 is 1.19 bits per heavy atom. The number of carbonyl (C=O) groups excluding carboxylic acids is 1. The highest BCUT2D eigenvalue weighted by molar-refractivity contribution is 5.77. The molecule has 0 fully saturated rings. The molecular formula is C16H19NO4. The molecule has 0 bridgehead atoms. The lowest BCUT2D eigenvalue weighted by molar-refractivity contribution is -0.123. The summed E-state index contributed by atoms with van der Waals surface area (Å²) in [5.41, 5.74) is 0. The number of hydrogen-bond donors (Lipinski definition) is 1. The van der Waals surface area contributed by atoms with E-state index in [2.05, 4.69) is 5.32 Å². The van der Waals surface area contributed by atoms with Crippen LogP contribution >= 0.6 is 0 Å². The van der Waals surface area contributed by atoms with E-state index in [0.29, 0.717) is 24.7 Å². The summed E-state index contributed by atoms with van der Waals surface area (Å²) in [5.74, 6) is 1.85. The van der Waals surface area contributed by atoms with Gasteiger partial charge in [0.05, 0.1) is 19.4 Å². The first-order valence-corrected chi connectivity index (χ1v) is 6.92. The highest BCUT2D eigenvalue weighted by atomic mass is 16.5. The molecule has 1 amide bonds. The quantitative estimate of drug-likeness (QED) is 0.811. The van der Waals surface area contributed by atoms with Crippen molar-refractivity contribution >= 4 is 5.91 Å². The van der Waals surface area contributed by atoms with E-state index in [1.54, 1.807) is 30.5 Å². The van der Waals surface area contributed by atoms with Gasteiger partial charge in [0.25, 0.3) is 5.91 Å². The Morgan fingerprint density at radius 3 is 2.71 bits per heavy atom. The molecule has 0 unspecified atom stereocenters. The fourth-order valence-electron chi connectivity index (χ4n) is 1.67. The molecule has 5 nitrogen and oxygen atoms in total. The van der Waals surface area contributed by atoms with Gasteiger partial charge in [-0.1, -0.05) is 13.0 Å². The van der Waals surface area contributed by atoms with E-state index in [1.165, 1.54) is 0 Å². The van der Waals surface area contributed by atoms with Crippen molar-refractivity contribution in [2.24, 2.45) is 0 Å². The van der Waals surface area contributed by atoms with Crippen LogP contribution in [0.1, 0.15) is 19.1 Å². The number of carbonyl (C=O) groups is 1. The summed E-state index contributed by atoms with van der Waals surface area (Å²) in [7, 11) is 0. The largest absolute Gasteiger partial charge is 0.493 e. The highest BCUT2D eigenvalue weighted by Crippen LogP contribution is 2.19. The van der Waals surface area contributed by atoms with Gasteiger partial charge in [-0.15, -0.1) is 0 Å². The van der Waals surface area contributed by atoms with Gasteiger partial charge in [0.1, 0.15) is 17.3 Å². The molecule has 0 atom stereocenters. The molecule has 1 aromatic carbocycles. The molecule has 1 N–H and O–H groups in total. The molecule has 2 aromatic rings. The third-order valence-corrected chi connectivity index (χ3v) is 2.69. The lowest BCUT2D eigenvalue weighted by atomic mass is 10.3. The summed E-state index contributed by atoms with van der Waals surface area (Å²) in [5, 5.41) is 2.72. The third kappa shape index (κ3) is 5.22. The fraction of sp³-hybridized carbons (Fsp3) is 0.312. The summed E-state index contributed by atoms with van der Waals surface area (Å²) in [6.45, 7) is 3.02. The topological polar surface area (TPSA) is 60.7 Å². The van der Waals surface area contributed by atoms with Crippen LogP contribution in [0.3, 0.4) is 0 Å². The van der Waals surface area contributed by atoms with Crippen molar-refractivity contribution in [2.75, 3.05) is 13.2 Å². The Bertz CT molecular complexity index is 551. The van der Waals surface area contributed by atoms with Crippen molar-refractivity contribution in [3.05, 3.63) is 48.4 Å². The van der Waals surface area contributed by atoms with Gasteiger partial charge in [-0.25, -0.2) is 0 Å². The van der Waals surface area contributed by atoms with E-state index in [1.807, 2.05) is 19.1 Å². The first-order chi connectivity index (χ1) is 10.3. The molecule has 112 valence electrons. The van der Waals surface area contributed by atoms with Crippen LogP contribution in [-0.2, 0) is 11.3 Å². The van der Waals surface area contributed by atoms with Gasteiger partial charge in [0.15, 0.2) is 6.61 Å². The monoisotopic (exact) mass is 289 g/mol. The summed E-state index contributed by atoms with van der Waals surface area (Å²) in [4.78, 5) is 11.7. The molecule has 0 spiro atoms. The molecule has 0 aliphatic carbocycles. The number of amides is 1. The summed E-state index contributed by atoms with van der Waals surface area (Å²) in [6.07, 6.45) is 2.51. The van der Waals surface area contributed by atoms with Gasteiger partial charge in [0.2, 0.25) is 0 Å². The lowest BCUT2D eigenvalue weighted by Gasteiger charge is -2.09. The Morgan fingerprint density at radius 2 is 2.00 bits per heavy atom. The van der Waals surface area contributed by atoms with Gasteiger partial charge in [-0.2, -0.15) is 0 Å². The van der Waals surface area contributed by atoms with Gasteiger partial charge in [-0.3, -0.25) is 4.79 Å². The van der Waals surface area contributed by atoms with Crippen LogP contribution in [0.5, 0.6) is 11.5 Å². The summed E-state index contributed by atoms with van der Waals surface area (Å²) < 4.78 is 16.1. The number of rotatable bonds is 8. The van der Waals surface area contributed by atoms with Crippen molar-refractivity contribution < 1.29 is 18.7 Å². The number of nitrogens with one attached hydrogen (secondary N) is 1. The molecule has 5 heteroatoms. The third-order valence-electron chi connectivity index (χ3n) is 2.69. The minimum atomic E-state index is -0.203. The molecule has 2 rings (SSSR count). The fourth-order valence-corrected chi connectivity index (χ4v) is 1.67. The van der Waals surface area contributed by atoms with Crippen LogP contribution < -0.4 is 14.8 Å². The highest BCUT2D eigenvalue weighted by Gasteiger charge is 2.04. The second kappa shape index (κ2) is 7.99. The van der Waals surface area contributed by atoms with Crippen LogP contribution in [0.25, 0.3) is 0 Å². The first kappa shape index (κ1) is 15.0.